The summed E-state index contributed by atoms with van der Waals surface area (Å²) in [6, 6.07) is 4.87. The van der Waals surface area contributed by atoms with Crippen molar-refractivity contribution in [2.24, 2.45) is 0 Å². The van der Waals surface area contributed by atoms with Crippen LogP contribution in [0.3, 0.4) is 0 Å². The highest BCUT2D eigenvalue weighted by Gasteiger charge is 2.15. The van der Waals surface area contributed by atoms with Gasteiger partial charge >= 0.3 is 0 Å². The summed E-state index contributed by atoms with van der Waals surface area (Å²) < 4.78 is 0. The van der Waals surface area contributed by atoms with Crippen molar-refractivity contribution in [1.29, 1.82) is 0 Å². The van der Waals surface area contributed by atoms with Crippen LogP contribution < -0.4 is 5.32 Å². The molecule has 0 bridgehead atoms. The van der Waals surface area contributed by atoms with E-state index in [1.54, 1.807) is 22.7 Å². The molecule has 2 nitrogen and oxygen atoms in total. The number of piperidine rings is 1. The largest absolute Gasteiger partial charge is 0.314 e. The lowest BCUT2D eigenvalue weighted by Crippen LogP contribution is -2.35. The van der Waals surface area contributed by atoms with Crippen LogP contribution in [0.1, 0.15) is 24.3 Å². The minimum Gasteiger partial charge on any atom is -0.314 e. The number of rotatable bonds is 3. The van der Waals surface area contributed by atoms with Crippen LogP contribution in [-0.2, 0) is 6.42 Å². The Hall–Kier alpha value is -0.710. The summed E-state index contributed by atoms with van der Waals surface area (Å²) in [6.07, 6.45) is 5.08. The minimum atomic E-state index is 0.645. The highest BCUT2D eigenvalue weighted by atomic mass is 32.1. The molecule has 3 heterocycles. The minimum absolute atomic E-state index is 0.645. The van der Waals surface area contributed by atoms with Crippen LogP contribution in [0.5, 0.6) is 0 Å². The van der Waals surface area contributed by atoms with E-state index in [1.165, 1.54) is 35.7 Å². The van der Waals surface area contributed by atoms with E-state index in [0.29, 0.717) is 6.04 Å². The number of nitrogens with one attached hydrogen (secondary N) is 1. The first kappa shape index (κ1) is 11.4. The van der Waals surface area contributed by atoms with Crippen LogP contribution >= 0.6 is 22.7 Å². The summed E-state index contributed by atoms with van der Waals surface area (Å²) in [4.78, 5) is 6.02. The monoisotopic (exact) mass is 264 g/mol. The van der Waals surface area contributed by atoms with Gasteiger partial charge in [-0.05, 0) is 30.8 Å². The Morgan fingerprint density at radius 3 is 3.12 bits per heavy atom. The lowest BCUT2D eigenvalue weighted by atomic mass is 10.0. The zero-order valence-corrected chi connectivity index (χ0v) is 11.3. The highest BCUT2D eigenvalue weighted by Crippen LogP contribution is 2.27. The first-order valence-electron chi connectivity index (χ1n) is 6.13. The smallest absolute Gasteiger partial charge is 0.0948 e. The number of nitrogens with zero attached hydrogens (tertiary/aromatic N) is 1. The quantitative estimate of drug-likeness (QED) is 0.917. The Balaban J connectivity index is 1.68. The Morgan fingerprint density at radius 2 is 2.35 bits per heavy atom. The Kier molecular flexibility index (Phi) is 3.54. The van der Waals surface area contributed by atoms with Gasteiger partial charge in [0.1, 0.15) is 0 Å². The molecule has 0 aliphatic carbocycles. The van der Waals surface area contributed by atoms with E-state index < -0.39 is 0 Å². The third kappa shape index (κ3) is 2.76. The average molecular weight is 264 g/mol. The van der Waals surface area contributed by atoms with Crippen molar-refractivity contribution in [2.45, 2.75) is 31.7 Å². The molecule has 0 aromatic carbocycles. The van der Waals surface area contributed by atoms with Crippen LogP contribution in [0.2, 0.25) is 0 Å². The number of hydrogen-bond donors (Lipinski definition) is 1. The molecule has 1 N–H and O–H groups in total. The molecule has 0 radical (unpaired) electrons. The normalized spacial score (nSPS) is 20.6. The van der Waals surface area contributed by atoms with E-state index in [1.807, 2.05) is 0 Å². The van der Waals surface area contributed by atoms with Gasteiger partial charge in [0.25, 0.3) is 0 Å². The van der Waals surface area contributed by atoms with Crippen LogP contribution in [0.25, 0.3) is 10.6 Å². The highest BCUT2D eigenvalue weighted by molar-refractivity contribution is 7.14. The summed E-state index contributed by atoms with van der Waals surface area (Å²) in [5.74, 6) is 0. The molecule has 0 spiro atoms. The van der Waals surface area contributed by atoms with Crippen molar-refractivity contribution in [3.8, 4) is 10.6 Å². The Labute approximate surface area is 110 Å². The van der Waals surface area contributed by atoms with Gasteiger partial charge in [-0.1, -0.05) is 12.5 Å². The summed E-state index contributed by atoms with van der Waals surface area (Å²) in [7, 11) is 0. The van der Waals surface area contributed by atoms with Crippen molar-refractivity contribution in [2.75, 3.05) is 6.54 Å². The SMILES string of the molecule is c1csc(-c2csc(CC3CCCCN3)n2)c1. The maximum Gasteiger partial charge on any atom is 0.0948 e. The van der Waals surface area contributed by atoms with Gasteiger partial charge in [0.2, 0.25) is 0 Å². The molecular weight excluding hydrogens is 248 g/mol. The van der Waals surface area contributed by atoms with Crippen molar-refractivity contribution in [3.63, 3.8) is 0 Å². The lowest BCUT2D eigenvalue weighted by Gasteiger charge is -2.22. The standard InChI is InChI=1S/C13H16N2S2/c1-2-6-14-10(4-1)8-13-15-11(9-17-13)12-5-3-7-16-12/h3,5,7,9-10,14H,1-2,4,6,8H2. The molecule has 0 saturated carbocycles. The molecule has 3 rings (SSSR count). The van der Waals surface area contributed by atoms with Gasteiger partial charge in [-0.25, -0.2) is 4.98 Å². The van der Waals surface area contributed by atoms with Crippen LogP contribution in [0.4, 0.5) is 0 Å². The van der Waals surface area contributed by atoms with Crippen molar-refractivity contribution >= 4 is 22.7 Å². The third-order valence-corrected chi connectivity index (χ3v) is 4.92. The number of aromatic nitrogens is 1. The van der Waals surface area contributed by atoms with Gasteiger partial charge in [-0.2, -0.15) is 0 Å². The van der Waals surface area contributed by atoms with E-state index in [-0.39, 0.29) is 0 Å². The first-order chi connectivity index (χ1) is 8.42. The molecule has 0 amide bonds. The molecule has 1 atom stereocenters. The molecule has 1 aliphatic heterocycles. The van der Waals surface area contributed by atoms with Gasteiger partial charge in [-0.3, -0.25) is 0 Å². The first-order valence-corrected chi connectivity index (χ1v) is 7.89. The molecule has 1 saturated heterocycles. The maximum atomic E-state index is 4.74. The van der Waals surface area contributed by atoms with Gasteiger partial charge < -0.3 is 5.32 Å². The fraction of sp³-hybridized carbons (Fsp3) is 0.462. The fourth-order valence-corrected chi connectivity index (χ4v) is 3.89. The zero-order valence-electron chi connectivity index (χ0n) is 9.69. The Bertz CT molecular complexity index is 455. The van der Waals surface area contributed by atoms with Gasteiger partial charge in [-0.15, -0.1) is 22.7 Å². The maximum absolute atomic E-state index is 4.74. The van der Waals surface area contributed by atoms with E-state index in [0.717, 1.165) is 12.1 Å². The van der Waals surface area contributed by atoms with Crippen LogP contribution in [-0.4, -0.2) is 17.6 Å². The summed E-state index contributed by atoms with van der Waals surface area (Å²) in [6.45, 7) is 1.17. The predicted octanol–water partition coefficient (Wildman–Crippen LogP) is 3.56. The van der Waals surface area contributed by atoms with Crippen LogP contribution in [0, 0.1) is 0 Å². The average Bonchev–Trinajstić information content (AvgIpc) is 3.00. The number of thiazole rings is 1. The second kappa shape index (κ2) is 5.29. The molecule has 90 valence electrons. The second-order valence-electron chi connectivity index (χ2n) is 4.45. The second-order valence-corrected chi connectivity index (χ2v) is 6.35. The van der Waals surface area contributed by atoms with E-state index in [2.05, 4.69) is 28.2 Å². The molecule has 2 aromatic heterocycles. The van der Waals surface area contributed by atoms with Crippen LogP contribution in [0.15, 0.2) is 22.9 Å². The predicted molar refractivity (Wildman–Crippen MR) is 74.8 cm³/mol. The summed E-state index contributed by atoms with van der Waals surface area (Å²) >= 11 is 3.56. The van der Waals surface area contributed by atoms with E-state index >= 15 is 0 Å². The van der Waals surface area contributed by atoms with Gasteiger partial charge in [0.15, 0.2) is 0 Å². The summed E-state index contributed by atoms with van der Waals surface area (Å²) in [5.41, 5.74) is 1.15. The fourth-order valence-electron chi connectivity index (χ4n) is 2.25. The van der Waals surface area contributed by atoms with Crippen molar-refractivity contribution < 1.29 is 0 Å². The van der Waals surface area contributed by atoms with Crippen molar-refractivity contribution in [3.05, 3.63) is 27.9 Å². The number of hydrogen-bond acceptors (Lipinski definition) is 4. The molecule has 1 fully saturated rings. The molecule has 17 heavy (non-hydrogen) atoms. The molecular formula is C13H16N2S2. The number of thiophene rings is 1. The van der Waals surface area contributed by atoms with E-state index in [9.17, 15) is 0 Å². The molecule has 1 unspecified atom stereocenters. The molecule has 1 aliphatic rings. The van der Waals surface area contributed by atoms with Crippen molar-refractivity contribution in [1.82, 2.24) is 10.3 Å². The van der Waals surface area contributed by atoms with Gasteiger partial charge in [0, 0.05) is 17.8 Å². The Morgan fingerprint density at radius 1 is 1.35 bits per heavy atom. The molecule has 2 aromatic rings. The molecule has 4 heteroatoms. The van der Waals surface area contributed by atoms with Gasteiger partial charge in [0.05, 0.1) is 15.6 Å². The lowest BCUT2D eigenvalue weighted by molar-refractivity contribution is 0.399. The zero-order chi connectivity index (χ0) is 11.5. The third-order valence-electron chi connectivity index (χ3n) is 3.16. The summed E-state index contributed by atoms with van der Waals surface area (Å²) in [5, 5.41) is 9.14. The topological polar surface area (TPSA) is 24.9 Å². The van der Waals surface area contributed by atoms with E-state index in [4.69, 9.17) is 4.98 Å².